The quantitative estimate of drug-likeness (QED) is 0.766. The number of carbonyl (C=O) groups is 1. The molecule has 0 radical (unpaired) electrons. The van der Waals surface area contributed by atoms with Gasteiger partial charge in [-0.05, 0) is 23.7 Å². The Labute approximate surface area is 94.3 Å². The fourth-order valence-corrected chi connectivity index (χ4v) is 1.31. The second-order valence-corrected chi connectivity index (χ2v) is 3.29. The number of carboxylic acids is 1. The number of halogens is 1. The predicted molar refractivity (Wildman–Crippen MR) is 51.7 cm³/mol. The molecule has 1 aromatic heterocycles. The fourth-order valence-electron chi connectivity index (χ4n) is 1.15. The van der Waals surface area contributed by atoms with Crippen LogP contribution in [0.15, 0.2) is 28.8 Å². The summed E-state index contributed by atoms with van der Waals surface area (Å²) < 4.78 is 5.59. The highest BCUT2D eigenvalue weighted by molar-refractivity contribution is 6.29. The van der Waals surface area contributed by atoms with Crippen molar-refractivity contribution in [2.75, 3.05) is 0 Å². The van der Waals surface area contributed by atoms with Crippen molar-refractivity contribution in [2.24, 2.45) is 0 Å². The van der Waals surface area contributed by atoms with E-state index in [0.29, 0.717) is 5.69 Å². The minimum absolute atomic E-state index is 0.0805. The lowest BCUT2D eigenvalue weighted by Crippen LogP contribution is -2.33. The number of rotatable bonds is 2. The van der Waals surface area contributed by atoms with Gasteiger partial charge in [0.25, 0.3) is 0 Å². The summed E-state index contributed by atoms with van der Waals surface area (Å²) in [6, 6.07) is 5.79. The van der Waals surface area contributed by atoms with Gasteiger partial charge in [-0.3, -0.25) is 4.52 Å². The summed E-state index contributed by atoms with van der Waals surface area (Å²) in [4.78, 5) is 10.6. The molecular formula is C9H6ClN2O4+. The maximum atomic E-state index is 10.6. The molecule has 0 atom stereocenters. The van der Waals surface area contributed by atoms with Gasteiger partial charge < -0.3 is 10.2 Å². The second-order valence-electron chi connectivity index (χ2n) is 2.93. The van der Waals surface area contributed by atoms with Gasteiger partial charge in [0.1, 0.15) is 0 Å². The molecule has 0 aliphatic carbocycles. The lowest BCUT2D eigenvalue weighted by Gasteiger charge is -1.92. The van der Waals surface area contributed by atoms with Gasteiger partial charge >= 0.3 is 17.1 Å². The Morgan fingerprint density at radius 2 is 2.00 bits per heavy atom. The van der Waals surface area contributed by atoms with Gasteiger partial charge in [-0.25, -0.2) is 4.79 Å². The standard InChI is InChI=1S/C9H5ClN2O4/c10-7-9(15)16-11-12(7)6-3-1-5(2-4-6)8(13)14/h1-4H,(H-,11,13,14,15)/p+1. The summed E-state index contributed by atoms with van der Waals surface area (Å²) in [5, 5.41) is 21.2. The molecule has 0 aliphatic heterocycles. The average Bonchev–Trinajstić information content (AvgIpc) is 2.60. The van der Waals surface area contributed by atoms with Gasteiger partial charge in [-0.15, -0.1) is 0 Å². The maximum absolute atomic E-state index is 10.6. The van der Waals surface area contributed by atoms with Crippen LogP contribution in [0.1, 0.15) is 10.4 Å². The van der Waals surface area contributed by atoms with E-state index in [4.69, 9.17) is 21.8 Å². The Hall–Kier alpha value is -2.08. The SMILES string of the molecule is O=C(O)c1ccc(-[n+]2noc(O)c2Cl)cc1. The zero-order chi connectivity index (χ0) is 11.7. The summed E-state index contributed by atoms with van der Waals surface area (Å²) in [5.41, 5.74) is 0.632. The van der Waals surface area contributed by atoms with E-state index in [1.807, 2.05) is 0 Å². The first-order chi connectivity index (χ1) is 7.59. The molecule has 0 unspecified atom stereocenters. The summed E-state index contributed by atoms with van der Waals surface area (Å²) in [6.07, 6.45) is 0. The Morgan fingerprint density at radius 1 is 1.38 bits per heavy atom. The van der Waals surface area contributed by atoms with Gasteiger partial charge in [0.2, 0.25) is 11.0 Å². The molecule has 82 valence electrons. The molecule has 2 aromatic rings. The minimum Gasteiger partial charge on any atom is -0.478 e. The van der Waals surface area contributed by atoms with E-state index in [0.717, 1.165) is 4.68 Å². The molecule has 7 heteroatoms. The van der Waals surface area contributed by atoms with Crippen molar-refractivity contribution in [3.63, 3.8) is 0 Å². The van der Waals surface area contributed by atoms with Crippen molar-refractivity contribution in [3.8, 4) is 11.6 Å². The second kappa shape index (κ2) is 3.82. The molecule has 2 N–H and O–H groups in total. The van der Waals surface area contributed by atoms with Crippen molar-refractivity contribution >= 4 is 17.6 Å². The fraction of sp³-hybridized carbons (Fsp3) is 0. The van der Waals surface area contributed by atoms with Gasteiger partial charge in [-0.1, -0.05) is 0 Å². The van der Waals surface area contributed by atoms with Gasteiger partial charge in [0.15, 0.2) is 0 Å². The predicted octanol–water partition coefficient (Wildman–Crippen LogP) is 1.01. The molecule has 0 aliphatic rings. The number of aromatic hydroxyl groups is 1. The molecule has 1 aromatic carbocycles. The van der Waals surface area contributed by atoms with Crippen LogP contribution in [0.25, 0.3) is 5.69 Å². The van der Waals surface area contributed by atoms with Crippen LogP contribution in [-0.2, 0) is 0 Å². The van der Waals surface area contributed by atoms with E-state index >= 15 is 0 Å². The van der Waals surface area contributed by atoms with E-state index in [2.05, 4.69) is 9.79 Å². The number of nitrogens with zero attached hydrogens (tertiary/aromatic N) is 2. The van der Waals surface area contributed by atoms with Crippen LogP contribution >= 0.6 is 11.6 Å². The third-order valence-corrected chi connectivity index (χ3v) is 2.25. The van der Waals surface area contributed by atoms with Gasteiger partial charge in [0, 0.05) is 16.8 Å². The molecular weight excluding hydrogens is 236 g/mol. The van der Waals surface area contributed by atoms with E-state index in [-0.39, 0.29) is 10.7 Å². The van der Waals surface area contributed by atoms with Gasteiger partial charge in [-0.2, -0.15) is 0 Å². The van der Waals surface area contributed by atoms with Crippen molar-refractivity contribution in [2.45, 2.75) is 0 Å². The largest absolute Gasteiger partial charge is 0.478 e. The zero-order valence-electron chi connectivity index (χ0n) is 7.79. The lowest BCUT2D eigenvalue weighted by atomic mass is 10.2. The summed E-state index contributed by atoms with van der Waals surface area (Å²) in [7, 11) is 0. The number of carboxylic acid groups (broad SMARTS) is 1. The zero-order valence-corrected chi connectivity index (χ0v) is 8.55. The minimum atomic E-state index is -1.02. The lowest BCUT2D eigenvalue weighted by molar-refractivity contribution is -0.668. The van der Waals surface area contributed by atoms with Crippen molar-refractivity contribution in [1.82, 2.24) is 5.27 Å². The summed E-state index contributed by atoms with van der Waals surface area (Å²) >= 11 is 5.69. The molecule has 2 rings (SSSR count). The van der Waals surface area contributed by atoms with Crippen LogP contribution in [0.3, 0.4) is 0 Å². The molecule has 0 spiro atoms. The maximum Gasteiger partial charge on any atom is 0.402 e. The number of hydrogen-bond acceptors (Lipinski definition) is 4. The van der Waals surface area contributed by atoms with Crippen molar-refractivity contribution in [1.29, 1.82) is 0 Å². The van der Waals surface area contributed by atoms with Crippen LogP contribution in [0.4, 0.5) is 0 Å². The highest BCUT2D eigenvalue weighted by atomic mass is 35.5. The molecule has 0 bridgehead atoms. The first-order valence-electron chi connectivity index (χ1n) is 4.20. The Balaban J connectivity index is 2.42. The van der Waals surface area contributed by atoms with Crippen LogP contribution in [0.5, 0.6) is 5.95 Å². The average molecular weight is 242 g/mol. The number of aromatic carboxylic acids is 1. The smallest absolute Gasteiger partial charge is 0.402 e. The number of benzene rings is 1. The summed E-state index contributed by atoms with van der Waals surface area (Å²) in [5.74, 6) is -1.52. The van der Waals surface area contributed by atoms with Crippen LogP contribution in [-0.4, -0.2) is 21.5 Å². The Kier molecular flexibility index (Phi) is 2.49. The third kappa shape index (κ3) is 1.70. The van der Waals surface area contributed by atoms with E-state index < -0.39 is 11.9 Å². The molecule has 16 heavy (non-hydrogen) atoms. The van der Waals surface area contributed by atoms with Crippen LogP contribution in [0.2, 0.25) is 5.15 Å². The molecule has 6 nitrogen and oxygen atoms in total. The third-order valence-electron chi connectivity index (χ3n) is 1.93. The first kappa shape index (κ1) is 10.4. The molecule has 0 fully saturated rings. The molecule has 0 amide bonds. The van der Waals surface area contributed by atoms with Gasteiger partial charge in [0.05, 0.1) is 5.56 Å². The topological polar surface area (TPSA) is 87.4 Å². The monoisotopic (exact) mass is 241 g/mol. The highest BCUT2D eigenvalue weighted by Gasteiger charge is 2.24. The summed E-state index contributed by atoms with van der Waals surface area (Å²) in [6.45, 7) is 0. The van der Waals surface area contributed by atoms with Crippen molar-refractivity contribution < 1.29 is 24.2 Å². The van der Waals surface area contributed by atoms with E-state index in [1.165, 1.54) is 24.3 Å². The van der Waals surface area contributed by atoms with Crippen LogP contribution in [0, 0.1) is 0 Å². The Bertz CT molecular complexity index is 535. The molecule has 0 saturated carbocycles. The number of aromatic nitrogens is 2. The first-order valence-corrected chi connectivity index (χ1v) is 4.57. The molecule has 1 heterocycles. The van der Waals surface area contributed by atoms with E-state index in [9.17, 15) is 4.79 Å². The normalized spacial score (nSPS) is 10.3. The Morgan fingerprint density at radius 3 is 2.44 bits per heavy atom. The van der Waals surface area contributed by atoms with Crippen LogP contribution < -0.4 is 4.68 Å². The molecule has 0 saturated heterocycles. The van der Waals surface area contributed by atoms with Crippen molar-refractivity contribution in [3.05, 3.63) is 35.0 Å². The highest BCUT2D eigenvalue weighted by Crippen LogP contribution is 2.18. The number of hydrogen-bond donors (Lipinski definition) is 2. The van der Waals surface area contributed by atoms with E-state index in [1.54, 1.807) is 0 Å².